The van der Waals surface area contributed by atoms with Crippen LogP contribution in [-0.2, 0) is 0 Å². The molecule has 0 saturated carbocycles. The highest BCUT2D eigenvalue weighted by molar-refractivity contribution is 6.62. The Labute approximate surface area is 64.5 Å². The molecule has 1 saturated heterocycles. The zero-order chi connectivity index (χ0) is 7.40. The fourth-order valence-electron chi connectivity index (χ4n) is 0.901. The average Bonchev–Trinajstić information content (AvgIpc) is 1.88. The summed E-state index contributed by atoms with van der Waals surface area (Å²) < 4.78 is 0. The van der Waals surface area contributed by atoms with Crippen LogP contribution >= 0.6 is 11.6 Å². The number of nitrogens with one attached hydrogen (secondary N) is 2. The SMILES string of the molecule is O=C(Cl)NN1CCNCC1. The molecule has 5 heteroatoms. The number of nitrogens with zero attached hydrogens (tertiary/aromatic N) is 1. The maximum absolute atomic E-state index is 10.3. The molecule has 1 heterocycles. The van der Waals surface area contributed by atoms with Crippen molar-refractivity contribution in [2.75, 3.05) is 26.2 Å². The van der Waals surface area contributed by atoms with Crippen LogP contribution < -0.4 is 10.7 Å². The van der Waals surface area contributed by atoms with Gasteiger partial charge in [-0.05, 0) is 11.6 Å². The highest BCUT2D eigenvalue weighted by Crippen LogP contribution is 1.88. The smallest absolute Gasteiger partial charge is 0.314 e. The van der Waals surface area contributed by atoms with E-state index in [1.165, 1.54) is 0 Å². The minimum Gasteiger partial charge on any atom is -0.314 e. The van der Waals surface area contributed by atoms with E-state index in [-0.39, 0.29) is 0 Å². The summed E-state index contributed by atoms with van der Waals surface area (Å²) in [6.07, 6.45) is 0. The van der Waals surface area contributed by atoms with E-state index in [4.69, 9.17) is 11.6 Å². The molecule has 1 aliphatic rings. The van der Waals surface area contributed by atoms with Crippen molar-refractivity contribution < 1.29 is 4.79 Å². The molecular weight excluding hydrogens is 154 g/mol. The van der Waals surface area contributed by atoms with Gasteiger partial charge in [0.1, 0.15) is 0 Å². The average molecular weight is 164 g/mol. The topological polar surface area (TPSA) is 44.4 Å². The molecule has 1 aliphatic heterocycles. The molecule has 0 atom stereocenters. The molecule has 2 N–H and O–H groups in total. The zero-order valence-electron chi connectivity index (χ0n) is 5.56. The highest BCUT2D eigenvalue weighted by atomic mass is 35.5. The van der Waals surface area contributed by atoms with Crippen LogP contribution in [-0.4, -0.2) is 36.6 Å². The maximum Gasteiger partial charge on any atom is 0.328 e. The molecule has 0 aromatic carbocycles. The summed E-state index contributed by atoms with van der Waals surface area (Å²) in [4.78, 5) is 10.3. The molecular formula is C5H10ClN3O. The molecule has 0 radical (unpaired) electrons. The van der Waals surface area contributed by atoms with E-state index in [0.29, 0.717) is 0 Å². The van der Waals surface area contributed by atoms with Crippen molar-refractivity contribution in [3.63, 3.8) is 0 Å². The van der Waals surface area contributed by atoms with Gasteiger partial charge in [0, 0.05) is 26.2 Å². The van der Waals surface area contributed by atoms with E-state index in [9.17, 15) is 4.79 Å². The van der Waals surface area contributed by atoms with E-state index in [1.807, 2.05) is 0 Å². The van der Waals surface area contributed by atoms with E-state index in [1.54, 1.807) is 5.01 Å². The predicted octanol–water partition coefficient (Wildman–Crippen LogP) is -0.245. The second-order valence-electron chi connectivity index (χ2n) is 2.12. The van der Waals surface area contributed by atoms with Crippen molar-refractivity contribution in [1.29, 1.82) is 0 Å². The van der Waals surface area contributed by atoms with Crippen molar-refractivity contribution in [2.45, 2.75) is 0 Å². The van der Waals surface area contributed by atoms with Gasteiger partial charge in [-0.25, -0.2) is 5.01 Å². The first-order chi connectivity index (χ1) is 4.79. The lowest BCUT2D eigenvalue weighted by Gasteiger charge is -2.26. The standard InChI is InChI=1S/C5H10ClN3O/c6-5(10)8-9-3-1-7-2-4-9/h7H,1-4H2,(H,8,10). The Kier molecular flexibility index (Phi) is 2.92. The highest BCUT2D eigenvalue weighted by Gasteiger charge is 2.09. The number of hydrogen-bond acceptors (Lipinski definition) is 3. The third kappa shape index (κ3) is 2.51. The number of carbonyl (C=O) groups is 1. The molecule has 0 spiro atoms. The number of rotatable bonds is 1. The number of hydrazine groups is 1. The Balaban J connectivity index is 2.19. The summed E-state index contributed by atoms with van der Waals surface area (Å²) in [5.41, 5.74) is 2.50. The van der Waals surface area contributed by atoms with Gasteiger partial charge in [-0.3, -0.25) is 10.2 Å². The number of piperazine rings is 1. The first-order valence-electron chi connectivity index (χ1n) is 3.21. The molecule has 4 nitrogen and oxygen atoms in total. The van der Waals surface area contributed by atoms with Crippen LogP contribution in [0.3, 0.4) is 0 Å². The summed E-state index contributed by atoms with van der Waals surface area (Å²) in [5, 5.41) is 4.44. The van der Waals surface area contributed by atoms with Gasteiger partial charge in [0.25, 0.3) is 0 Å². The molecule has 0 bridgehead atoms. The Morgan fingerprint density at radius 2 is 2.10 bits per heavy atom. The molecule has 1 amide bonds. The van der Waals surface area contributed by atoms with E-state index < -0.39 is 5.37 Å². The van der Waals surface area contributed by atoms with Crippen LogP contribution in [0.2, 0.25) is 0 Å². The van der Waals surface area contributed by atoms with Crippen molar-refractivity contribution in [2.24, 2.45) is 0 Å². The van der Waals surface area contributed by atoms with E-state index in [2.05, 4.69) is 10.7 Å². The first-order valence-corrected chi connectivity index (χ1v) is 3.58. The van der Waals surface area contributed by atoms with Gasteiger partial charge >= 0.3 is 5.37 Å². The molecule has 0 aliphatic carbocycles. The fraction of sp³-hybridized carbons (Fsp3) is 0.800. The molecule has 10 heavy (non-hydrogen) atoms. The zero-order valence-corrected chi connectivity index (χ0v) is 6.32. The van der Waals surface area contributed by atoms with Crippen molar-refractivity contribution in [3.8, 4) is 0 Å². The van der Waals surface area contributed by atoms with Crippen LogP contribution in [0.15, 0.2) is 0 Å². The lowest BCUT2D eigenvalue weighted by molar-refractivity contribution is 0.175. The Bertz CT molecular complexity index is 124. The number of amides is 1. The third-order valence-electron chi connectivity index (χ3n) is 1.36. The Morgan fingerprint density at radius 3 is 2.60 bits per heavy atom. The number of halogens is 1. The lowest BCUT2D eigenvalue weighted by atomic mass is 10.4. The van der Waals surface area contributed by atoms with Gasteiger partial charge < -0.3 is 5.32 Å². The molecule has 58 valence electrons. The Hall–Kier alpha value is -0.320. The molecule has 1 fully saturated rings. The maximum atomic E-state index is 10.3. The van der Waals surface area contributed by atoms with Crippen LogP contribution in [0.4, 0.5) is 4.79 Å². The summed E-state index contributed by atoms with van der Waals surface area (Å²) in [6.45, 7) is 3.44. The quantitative estimate of drug-likeness (QED) is 0.414. The minimum absolute atomic E-state index is 0.512. The molecule has 0 aromatic heterocycles. The largest absolute Gasteiger partial charge is 0.328 e. The minimum atomic E-state index is -0.512. The summed E-state index contributed by atoms with van der Waals surface area (Å²) in [5.74, 6) is 0. The predicted molar refractivity (Wildman–Crippen MR) is 38.8 cm³/mol. The number of hydrogen-bond donors (Lipinski definition) is 2. The second-order valence-corrected chi connectivity index (χ2v) is 2.47. The summed E-state index contributed by atoms with van der Waals surface area (Å²) in [7, 11) is 0. The third-order valence-corrected chi connectivity index (χ3v) is 1.45. The summed E-state index contributed by atoms with van der Waals surface area (Å²) >= 11 is 5.10. The Morgan fingerprint density at radius 1 is 1.50 bits per heavy atom. The lowest BCUT2D eigenvalue weighted by Crippen LogP contribution is -2.50. The van der Waals surface area contributed by atoms with Crippen molar-refractivity contribution in [3.05, 3.63) is 0 Å². The van der Waals surface area contributed by atoms with Crippen LogP contribution in [0, 0.1) is 0 Å². The summed E-state index contributed by atoms with van der Waals surface area (Å²) in [6, 6.07) is 0. The number of carbonyl (C=O) groups excluding carboxylic acids is 1. The van der Waals surface area contributed by atoms with E-state index in [0.717, 1.165) is 26.2 Å². The van der Waals surface area contributed by atoms with Gasteiger partial charge in [-0.2, -0.15) is 0 Å². The van der Waals surface area contributed by atoms with Gasteiger partial charge in [0.05, 0.1) is 0 Å². The fourth-order valence-corrected chi connectivity index (χ4v) is 1.02. The van der Waals surface area contributed by atoms with Crippen molar-refractivity contribution >= 4 is 17.0 Å². The van der Waals surface area contributed by atoms with E-state index >= 15 is 0 Å². The van der Waals surface area contributed by atoms with Crippen LogP contribution in [0.1, 0.15) is 0 Å². The molecule has 1 rings (SSSR count). The van der Waals surface area contributed by atoms with Crippen molar-refractivity contribution in [1.82, 2.24) is 15.8 Å². The van der Waals surface area contributed by atoms with Gasteiger partial charge in [0.15, 0.2) is 0 Å². The monoisotopic (exact) mass is 163 g/mol. The first kappa shape index (κ1) is 7.78. The van der Waals surface area contributed by atoms with Gasteiger partial charge in [-0.15, -0.1) is 0 Å². The van der Waals surface area contributed by atoms with Gasteiger partial charge in [-0.1, -0.05) is 0 Å². The van der Waals surface area contributed by atoms with Gasteiger partial charge in [0.2, 0.25) is 0 Å². The molecule has 0 unspecified atom stereocenters. The molecule has 0 aromatic rings. The normalized spacial score (nSPS) is 20.5. The van der Waals surface area contributed by atoms with Crippen LogP contribution in [0.25, 0.3) is 0 Å². The second kappa shape index (κ2) is 3.75. The van der Waals surface area contributed by atoms with Crippen LogP contribution in [0.5, 0.6) is 0 Å².